The van der Waals surface area contributed by atoms with Crippen LogP contribution >= 0.6 is 0 Å². The molecule has 3 rings (SSSR count). The number of ether oxygens (including phenoxy) is 4. The molecule has 11 unspecified atom stereocenters. The summed E-state index contributed by atoms with van der Waals surface area (Å²) in [5, 5.41) is 86.2. The van der Waals surface area contributed by atoms with Gasteiger partial charge in [-0.2, -0.15) is 0 Å². The summed E-state index contributed by atoms with van der Waals surface area (Å²) < 4.78 is 21.9. The van der Waals surface area contributed by atoms with E-state index in [2.05, 4.69) is 16.0 Å². The molecular formula is C30H48N4O17. The number of carbonyl (C=O) groups excluding carboxylic acids is 4. The highest BCUT2D eigenvalue weighted by atomic mass is 16.7. The number of hydrogen-bond donors (Lipinski definition) is 11. The Morgan fingerprint density at radius 2 is 1.22 bits per heavy atom. The van der Waals surface area contributed by atoms with Crippen LogP contribution in [-0.2, 0) is 38.1 Å². The number of rotatable bonds is 18. The molecule has 2 fully saturated rings. The van der Waals surface area contributed by atoms with Crippen LogP contribution in [-0.4, -0.2) is 163 Å². The van der Waals surface area contributed by atoms with Gasteiger partial charge < -0.3 is 80.6 Å². The van der Waals surface area contributed by atoms with E-state index in [0.717, 1.165) is 12.1 Å². The molecule has 2 aliphatic heterocycles. The van der Waals surface area contributed by atoms with Gasteiger partial charge in [-0.15, -0.1) is 4.73 Å². The average molecular weight is 737 g/mol. The van der Waals surface area contributed by atoms with Gasteiger partial charge in [0, 0.05) is 38.1 Å². The summed E-state index contributed by atoms with van der Waals surface area (Å²) in [5.74, 6) is -3.86. The number of amides is 3. The number of aromatic nitrogens is 1. The topological polar surface area (TPSA) is 317 Å². The zero-order valence-electron chi connectivity index (χ0n) is 28.1. The smallest absolute Gasteiger partial charge is 0.333 e. The van der Waals surface area contributed by atoms with Crippen LogP contribution in [0.2, 0.25) is 0 Å². The summed E-state index contributed by atoms with van der Waals surface area (Å²) in [5.41, 5.74) is 0. The summed E-state index contributed by atoms with van der Waals surface area (Å²) >= 11 is 0. The van der Waals surface area contributed by atoms with Gasteiger partial charge in [0.25, 0.3) is 0 Å². The second-order valence-electron chi connectivity index (χ2n) is 12.1. The van der Waals surface area contributed by atoms with Crippen molar-refractivity contribution in [2.75, 3.05) is 26.3 Å². The van der Waals surface area contributed by atoms with E-state index in [0.29, 0.717) is 4.73 Å². The second kappa shape index (κ2) is 19.8. The van der Waals surface area contributed by atoms with Crippen LogP contribution in [0.5, 0.6) is 11.8 Å². The Bertz CT molecular complexity index is 1280. The Hall–Kier alpha value is -3.64. The fourth-order valence-corrected chi connectivity index (χ4v) is 5.07. The first-order chi connectivity index (χ1) is 24.1. The third-order valence-corrected chi connectivity index (χ3v) is 8.07. The predicted molar refractivity (Wildman–Crippen MR) is 167 cm³/mol. The van der Waals surface area contributed by atoms with Gasteiger partial charge in [-0.05, 0) is 26.7 Å². The van der Waals surface area contributed by atoms with Gasteiger partial charge in [0.1, 0.15) is 42.7 Å². The molecule has 0 saturated carbocycles. The molecule has 0 aliphatic carbocycles. The molecule has 2 saturated heterocycles. The molecule has 21 heteroatoms. The van der Waals surface area contributed by atoms with Crippen LogP contribution in [0.1, 0.15) is 46.0 Å². The normalized spacial score (nSPS) is 29.9. The SMILES string of the molecule is CC1OC(OCCNC(=O)CC(NC(=O)CCCCC(=O)On2c(O)ccc2O)C(=O)NCCOC2OC(C)C(O)C(O)C2O)C(O)C(O)C1O. The van der Waals surface area contributed by atoms with Crippen molar-refractivity contribution in [1.29, 1.82) is 0 Å². The van der Waals surface area contributed by atoms with Gasteiger partial charge in [0.15, 0.2) is 12.6 Å². The molecule has 0 bridgehead atoms. The molecule has 0 radical (unpaired) electrons. The summed E-state index contributed by atoms with van der Waals surface area (Å²) in [6, 6.07) is 0.855. The van der Waals surface area contributed by atoms with Gasteiger partial charge in [0.05, 0.1) is 31.8 Å². The third-order valence-electron chi connectivity index (χ3n) is 8.07. The van der Waals surface area contributed by atoms with Crippen LogP contribution in [0.4, 0.5) is 0 Å². The first-order valence-corrected chi connectivity index (χ1v) is 16.4. The third kappa shape index (κ3) is 12.2. The van der Waals surface area contributed by atoms with Gasteiger partial charge in [-0.1, -0.05) is 0 Å². The number of aromatic hydroxyl groups is 2. The molecular weight excluding hydrogens is 688 g/mol. The molecule has 1 aromatic rings. The van der Waals surface area contributed by atoms with Gasteiger partial charge in [-0.25, -0.2) is 4.79 Å². The van der Waals surface area contributed by atoms with E-state index in [-0.39, 0.29) is 52.0 Å². The van der Waals surface area contributed by atoms with E-state index in [1.165, 1.54) is 13.8 Å². The highest BCUT2D eigenvalue weighted by Gasteiger charge is 2.43. The van der Waals surface area contributed by atoms with Crippen molar-refractivity contribution in [1.82, 2.24) is 20.7 Å². The van der Waals surface area contributed by atoms with Crippen molar-refractivity contribution in [3.8, 4) is 11.8 Å². The van der Waals surface area contributed by atoms with E-state index < -0.39 is 109 Å². The Balaban J connectivity index is 1.47. The first-order valence-electron chi connectivity index (χ1n) is 16.4. The molecule has 11 atom stereocenters. The molecule has 21 nitrogen and oxygen atoms in total. The maximum atomic E-state index is 13.0. The molecule has 3 heterocycles. The number of nitrogens with one attached hydrogen (secondary N) is 3. The number of nitrogens with zero attached hydrogens (tertiary/aromatic N) is 1. The van der Waals surface area contributed by atoms with Gasteiger partial charge >= 0.3 is 5.97 Å². The number of hydrogen-bond acceptors (Lipinski definition) is 17. The lowest BCUT2D eigenvalue weighted by Gasteiger charge is -2.38. The van der Waals surface area contributed by atoms with Crippen molar-refractivity contribution in [2.24, 2.45) is 0 Å². The summed E-state index contributed by atoms with van der Waals surface area (Å²) in [4.78, 5) is 55.3. The maximum Gasteiger partial charge on any atom is 0.333 e. The number of aliphatic hydroxyl groups excluding tert-OH is 6. The minimum Gasteiger partial charge on any atom is -0.492 e. The zero-order chi connectivity index (χ0) is 37.8. The van der Waals surface area contributed by atoms with Crippen molar-refractivity contribution < 1.29 is 83.8 Å². The van der Waals surface area contributed by atoms with Crippen LogP contribution in [0.3, 0.4) is 0 Å². The Morgan fingerprint density at radius 3 is 1.75 bits per heavy atom. The minimum atomic E-state index is -1.56. The zero-order valence-corrected chi connectivity index (χ0v) is 28.1. The largest absolute Gasteiger partial charge is 0.492 e. The van der Waals surface area contributed by atoms with Crippen LogP contribution in [0.25, 0.3) is 0 Å². The summed E-state index contributed by atoms with van der Waals surface area (Å²) in [6.45, 7) is 2.25. The summed E-state index contributed by atoms with van der Waals surface area (Å²) in [7, 11) is 0. The lowest BCUT2D eigenvalue weighted by molar-refractivity contribution is -0.292. The van der Waals surface area contributed by atoms with Gasteiger partial charge in [-0.3, -0.25) is 14.4 Å². The lowest BCUT2D eigenvalue weighted by Crippen LogP contribution is -2.57. The lowest BCUT2D eigenvalue weighted by atomic mass is 10.0. The highest BCUT2D eigenvalue weighted by molar-refractivity contribution is 5.92. The van der Waals surface area contributed by atoms with E-state index >= 15 is 0 Å². The van der Waals surface area contributed by atoms with Crippen LogP contribution in [0.15, 0.2) is 12.1 Å². The quantitative estimate of drug-likeness (QED) is 0.0630. The van der Waals surface area contributed by atoms with E-state index in [9.17, 15) is 60.0 Å². The molecule has 51 heavy (non-hydrogen) atoms. The molecule has 290 valence electrons. The van der Waals surface area contributed by atoms with E-state index in [1.807, 2.05) is 0 Å². The van der Waals surface area contributed by atoms with Crippen LogP contribution < -0.4 is 20.8 Å². The molecule has 11 N–H and O–H groups in total. The van der Waals surface area contributed by atoms with Crippen LogP contribution in [0, 0.1) is 0 Å². The fourth-order valence-electron chi connectivity index (χ4n) is 5.07. The second-order valence-corrected chi connectivity index (χ2v) is 12.1. The molecule has 2 aliphatic rings. The number of unbranched alkanes of at least 4 members (excludes halogenated alkanes) is 1. The van der Waals surface area contributed by atoms with Crippen molar-refractivity contribution in [3.63, 3.8) is 0 Å². The Labute approximate surface area is 291 Å². The van der Waals surface area contributed by atoms with Crippen molar-refractivity contribution in [3.05, 3.63) is 12.1 Å². The Morgan fingerprint density at radius 1 is 0.725 bits per heavy atom. The summed E-state index contributed by atoms with van der Waals surface area (Å²) in [6.07, 6.45) is -13.6. The molecule has 1 aromatic heterocycles. The maximum absolute atomic E-state index is 13.0. The first kappa shape index (κ1) is 41.8. The number of aliphatic hydroxyl groups is 6. The predicted octanol–water partition coefficient (Wildman–Crippen LogP) is -4.79. The Kier molecular flexibility index (Phi) is 16.2. The molecule has 3 amide bonds. The van der Waals surface area contributed by atoms with E-state index in [1.54, 1.807) is 0 Å². The molecule has 0 aromatic carbocycles. The fraction of sp³-hybridized carbons (Fsp3) is 0.733. The van der Waals surface area contributed by atoms with Crippen molar-refractivity contribution in [2.45, 2.75) is 113 Å². The average Bonchev–Trinajstić information content (AvgIpc) is 3.40. The minimum absolute atomic E-state index is 0.119. The van der Waals surface area contributed by atoms with Crippen molar-refractivity contribution >= 4 is 23.7 Å². The number of carbonyl (C=O) groups is 4. The van der Waals surface area contributed by atoms with E-state index in [4.69, 9.17) is 23.8 Å². The highest BCUT2D eigenvalue weighted by Crippen LogP contribution is 2.23. The monoisotopic (exact) mass is 736 g/mol. The molecule has 0 spiro atoms. The standard InChI is InChI=1S/C30H48N4O17/c1-14-22(40)24(42)26(44)29(49-14)47-11-9-31-18(36)13-16(28(46)32-10-12-48-30-27(45)25(43)23(41)15(2)50-30)33-17(35)5-3-4-6-21(39)51-34-19(37)7-8-20(34)38/h7-8,14-16,22-27,29-30,37-38,40-45H,3-6,9-13H2,1-2H3,(H,31,36)(H,32,46)(H,33,35). The van der Waals surface area contributed by atoms with Gasteiger partial charge in [0.2, 0.25) is 29.5 Å².